The van der Waals surface area contributed by atoms with Crippen LogP contribution in [-0.4, -0.2) is 24.7 Å². The average molecular weight is 269 g/mol. The second-order valence-corrected chi connectivity index (χ2v) is 3.77. The van der Waals surface area contributed by atoms with Crippen molar-refractivity contribution in [3.8, 4) is 0 Å². The van der Waals surface area contributed by atoms with Crippen molar-refractivity contribution in [1.82, 2.24) is 19.7 Å². The molecule has 8 nitrogen and oxygen atoms in total. The quantitative estimate of drug-likeness (QED) is 0.511. The number of hydrogen-bond acceptors (Lipinski definition) is 6. The summed E-state index contributed by atoms with van der Waals surface area (Å²) in [6.45, 7) is 0.352. The average Bonchev–Trinajstić information content (AvgIpc) is 2.72. The van der Waals surface area contributed by atoms with E-state index in [9.17, 15) is 10.1 Å². The van der Waals surface area contributed by atoms with Gasteiger partial charge < -0.3 is 5.32 Å². The second kappa shape index (κ2) is 4.96. The van der Waals surface area contributed by atoms with Crippen molar-refractivity contribution in [1.29, 1.82) is 0 Å². The van der Waals surface area contributed by atoms with Crippen LogP contribution in [0.4, 0.5) is 11.5 Å². The van der Waals surface area contributed by atoms with Crippen molar-refractivity contribution in [2.75, 3.05) is 5.32 Å². The Bertz CT molecular complexity index is 584. The van der Waals surface area contributed by atoms with Gasteiger partial charge in [-0.25, -0.2) is 4.98 Å². The van der Waals surface area contributed by atoms with E-state index in [0.29, 0.717) is 6.54 Å². The molecule has 0 aromatic carbocycles. The molecule has 2 rings (SSSR count). The summed E-state index contributed by atoms with van der Waals surface area (Å²) in [5.74, 6) is 0.0844. The van der Waals surface area contributed by atoms with Gasteiger partial charge in [-0.15, -0.1) is 0 Å². The van der Waals surface area contributed by atoms with E-state index in [1.807, 2.05) is 0 Å². The van der Waals surface area contributed by atoms with Crippen LogP contribution in [0.2, 0.25) is 5.28 Å². The number of nitro groups is 1. The number of halogens is 1. The lowest BCUT2D eigenvalue weighted by atomic mass is 10.4. The molecule has 1 N–H and O–H groups in total. The zero-order valence-electron chi connectivity index (χ0n) is 9.37. The first-order valence-corrected chi connectivity index (χ1v) is 5.33. The smallest absolute Gasteiger partial charge is 0.329 e. The molecule has 0 spiro atoms. The number of nitrogens with zero attached hydrogens (tertiary/aromatic N) is 5. The van der Waals surface area contributed by atoms with Crippen LogP contribution in [0.3, 0.4) is 0 Å². The van der Waals surface area contributed by atoms with E-state index in [2.05, 4.69) is 20.4 Å². The van der Waals surface area contributed by atoms with Gasteiger partial charge in [-0.1, -0.05) is 0 Å². The Kier molecular flexibility index (Phi) is 3.38. The first-order chi connectivity index (χ1) is 8.58. The van der Waals surface area contributed by atoms with Crippen LogP contribution in [0.5, 0.6) is 0 Å². The van der Waals surface area contributed by atoms with Crippen molar-refractivity contribution >= 4 is 23.1 Å². The lowest BCUT2D eigenvalue weighted by molar-refractivity contribution is -0.384. The van der Waals surface area contributed by atoms with Crippen molar-refractivity contribution in [3.05, 3.63) is 39.6 Å². The number of aryl methyl sites for hydroxylation is 1. The van der Waals surface area contributed by atoms with Gasteiger partial charge >= 0.3 is 5.69 Å². The Morgan fingerprint density at radius 1 is 1.61 bits per heavy atom. The van der Waals surface area contributed by atoms with Crippen molar-refractivity contribution in [2.45, 2.75) is 6.54 Å². The molecule has 0 unspecified atom stereocenters. The Morgan fingerprint density at radius 3 is 3.00 bits per heavy atom. The van der Waals surface area contributed by atoms with Gasteiger partial charge in [0.05, 0.1) is 17.2 Å². The minimum atomic E-state index is -0.568. The predicted octanol–water partition coefficient (Wildman–Crippen LogP) is 1.38. The molecular weight excluding hydrogens is 260 g/mol. The topological polar surface area (TPSA) is 98.8 Å². The molecule has 0 radical (unpaired) electrons. The molecule has 2 aromatic heterocycles. The molecule has 2 heterocycles. The van der Waals surface area contributed by atoms with E-state index >= 15 is 0 Å². The summed E-state index contributed by atoms with van der Waals surface area (Å²) in [7, 11) is 1.78. The lowest BCUT2D eigenvalue weighted by Crippen LogP contribution is -2.08. The summed E-state index contributed by atoms with van der Waals surface area (Å²) in [4.78, 5) is 17.6. The van der Waals surface area contributed by atoms with Crippen LogP contribution in [0, 0.1) is 10.1 Å². The molecule has 9 heteroatoms. The monoisotopic (exact) mass is 268 g/mol. The van der Waals surface area contributed by atoms with Gasteiger partial charge in [-0.2, -0.15) is 10.1 Å². The van der Waals surface area contributed by atoms with Crippen molar-refractivity contribution in [3.63, 3.8) is 0 Å². The van der Waals surface area contributed by atoms with E-state index in [0.717, 1.165) is 11.9 Å². The molecule has 0 saturated heterocycles. The maximum atomic E-state index is 10.8. The Morgan fingerprint density at radius 2 is 2.39 bits per heavy atom. The third-order valence-corrected chi connectivity index (χ3v) is 2.48. The molecule has 94 valence electrons. The summed E-state index contributed by atoms with van der Waals surface area (Å²) >= 11 is 5.61. The SMILES string of the molecule is Cn1nccc1CNc1nc(Cl)ncc1[N+](=O)[O-]. The van der Waals surface area contributed by atoms with Crippen molar-refractivity contribution < 1.29 is 4.92 Å². The molecule has 0 bridgehead atoms. The Labute approximate surface area is 107 Å². The zero-order valence-corrected chi connectivity index (χ0v) is 10.1. The van der Waals surface area contributed by atoms with E-state index in [1.54, 1.807) is 24.0 Å². The molecular formula is C9H9ClN6O2. The van der Waals surface area contributed by atoms with Crippen LogP contribution in [0.25, 0.3) is 0 Å². The van der Waals surface area contributed by atoms with E-state index in [4.69, 9.17) is 11.6 Å². The van der Waals surface area contributed by atoms with Gasteiger partial charge in [0.25, 0.3) is 0 Å². The molecule has 0 aliphatic carbocycles. The second-order valence-electron chi connectivity index (χ2n) is 3.43. The number of rotatable bonds is 4. The molecule has 0 amide bonds. The largest absolute Gasteiger partial charge is 0.359 e. The summed E-state index contributed by atoms with van der Waals surface area (Å²) in [6, 6.07) is 1.79. The fourth-order valence-corrected chi connectivity index (χ4v) is 1.50. The van der Waals surface area contributed by atoms with Crippen LogP contribution >= 0.6 is 11.6 Å². The van der Waals surface area contributed by atoms with Crippen LogP contribution in [0.1, 0.15) is 5.69 Å². The highest BCUT2D eigenvalue weighted by atomic mass is 35.5. The number of aromatic nitrogens is 4. The normalized spacial score (nSPS) is 10.3. The Balaban J connectivity index is 2.20. The van der Waals surface area contributed by atoms with Gasteiger partial charge in [0.1, 0.15) is 6.20 Å². The highest BCUT2D eigenvalue weighted by molar-refractivity contribution is 6.28. The zero-order chi connectivity index (χ0) is 13.1. The highest BCUT2D eigenvalue weighted by Crippen LogP contribution is 2.22. The molecule has 2 aromatic rings. The first-order valence-electron chi connectivity index (χ1n) is 4.95. The molecule has 0 fully saturated rings. The van der Waals surface area contributed by atoms with Gasteiger partial charge in [-0.05, 0) is 17.7 Å². The fourth-order valence-electron chi connectivity index (χ4n) is 1.37. The van der Waals surface area contributed by atoms with Gasteiger partial charge in [0.2, 0.25) is 11.1 Å². The maximum Gasteiger partial charge on any atom is 0.329 e. The van der Waals surface area contributed by atoms with Crippen LogP contribution in [-0.2, 0) is 13.6 Å². The van der Waals surface area contributed by atoms with Gasteiger partial charge in [0.15, 0.2) is 0 Å². The number of hydrogen-bond donors (Lipinski definition) is 1. The standard InChI is InChI=1S/C9H9ClN6O2/c1-15-6(2-3-13-15)4-11-8-7(16(17)18)5-12-9(10)14-8/h2-3,5H,4H2,1H3,(H,11,12,14). The number of nitrogens with one attached hydrogen (secondary N) is 1. The molecule has 0 atom stereocenters. The minimum absolute atomic E-state index is 0.0480. The third kappa shape index (κ3) is 2.54. The third-order valence-electron chi connectivity index (χ3n) is 2.30. The Hall–Kier alpha value is -2.22. The van der Waals surface area contributed by atoms with Gasteiger partial charge in [-0.3, -0.25) is 14.8 Å². The molecule has 18 heavy (non-hydrogen) atoms. The molecule has 0 aliphatic heterocycles. The summed E-state index contributed by atoms with van der Waals surface area (Å²) in [5.41, 5.74) is 0.639. The predicted molar refractivity (Wildman–Crippen MR) is 64.2 cm³/mol. The van der Waals surface area contributed by atoms with Crippen LogP contribution < -0.4 is 5.32 Å². The van der Waals surface area contributed by atoms with Crippen molar-refractivity contribution in [2.24, 2.45) is 7.05 Å². The van der Waals surface area contributed by atoms with Gasteiger partial charge in [0, 0.05) is 13.2 Å². The van der Waals surface area contributed by atoms with E-state index in [1.165, 1.54) is 0 Å². The lowest BCUT2D eigenvalue weighted by Gasteiger charge is -2.06. The minimum Gasteiger partial charge on any atom is -0.359 e. The fraction of sp³-hybridized carbons (Fsp3) is 0.222. The van der Waals surface area contributed by atoms with Crippen LogP contribution in [0.15, 0.2) is 18.5 Å². The summed E-state index contributed by atoms with van der Waals surface area (Å²) in [5, 5.41) is 17.6. The highest BCUT2D eigenvalue weighted by Gasteiger charge is 2.16. The first kappa shape index (κ1) is 12.2. The summed E-state index contributed by atoms with van der Waals surface area (Å²) < 4.78 is 1.65. The maximum absolute atomic E-state index is 10.8. The van der Waals surface area contributed by atoms with E-state index in [-0.39, 0.29) is 16.8 Å². The summed E-state index contributed by atoms with van der Waals surface area (Å²) in [6.07, 6.45) is 2.71. The molecule has 0 aliphatic rings. The van der Waals surface area contributed by atoms with E-state index < -0.39 is 4.92 Å². The number of anilines is 1. The molecule has 0 saturated carbocycles.